The third-order valence-electron chi connectivity index (χ3n) is 4.83. The Bertz CT molecular complexity index is 1200. The number of carbonyl (C=O) groups excluding carboxylic acids is 1. The maximum Gasteiger partial charge on any atom is 0.339 e. The van der Waals surface area contributed by atoms with Gasteiger partial charge in [0.1, 0.15) is 6.61 Å². The molecule has 3 aromatic carbocycles. The quantitative estimate of drug-likeness (QED) is 0.117. The molecule has 34 heavy (non-hydrogen) atoms. The van der Waals surface area contributed by atoms with Gasteiger partial charge in [-0.1, -0.05) is 34.1 Å². The van der Waals surface area contributed by atoms with Crippen molar-refractivity contribution in [2.24, 2.45) is 5.10 Å². The third-order valence-corrected chi connectivity index (χ3v) is 6.44. The van der Waals surface area contributed by atoms with Crippen LogP contribution in [0.3, 0.4) is 0 Å². The molecule has 3 aromatic rings. The predicted molar refractivity (Wildman–Crippen MR) is 149 cm³/mol. The zero-order valence-corrected chi connectivity index (χ0v) is 22.6. The molecule has 3 rings (SSSR count). The van der Waals surface area contributed by atoms with Crippen molar-refractivity contribution < 1.29 is 14.3 Å². The van der Waals surface area contributed by atoms with Gasteiger partial charge in [-0.2, -0.15) is 5.10 Å². The lowest BCUT2D eigenvalue weighted by Crippen LogP contribution is -2.24. The summed E-state index contributed by atoms with van der Waals surface area (Å²) in [4.78, 5) is 12.2. The van der Waals surface area contributed by atoms with Crippen LogP contribution < -0.4 is 20.2 Å². The van der Waals surface area contributed by atoms with Gasteiger partial charge in [-0.3, -0.25) is 0 Å². The van der Waals surface area contributed by atoms with E-state index in [4.69, 9.17) is 9.47 Å². The van der Waals surface area contributed by atoms with E-state index < -0.39 is 6.03 Å². The van der Waals surface area contributed by atoms with Gasteiger partial charge in [0.05, 0.1) is 13.3 Å². The molecule has 0 saturated carbocycles. The number of hydrazone groups is 1. The molecule has 0 aliphatic rings. The van der Waals surface area contributed by atoms with Crippen LogP contribution in [-0.4, -0.2) is 19.4 Å². The van der Waals surface area contributed by atoms with Crippen LogP contribution in [0.4, 0.5) is 10.5 Å². The van der Waals surface area contributed by atoms with Gasteiger partial charge < -0.3 is 14.8 Å². The maximum absolute atomic E-state index is 12.2. The average Bonchev–Trinajstić information content (AvgIpc) is 2.81. The van der Waals surface area contributed by atoms with Crippen LogP contribution in [-0.2, 0) is 13.0 Å². The predicted octanol–water partition coefficient (Wildman–Crippen LogP) is 6.83. The van der Waals surface area contributed by atoms with E-state index in [0.29, 0.717) is 30.2 Å². The largest absolute Gasteiger partial charge is 0.493 e. The Hall–Kier alpha value is -2.85. The van der Waals surface area contributed by atoms with Crippen LogP contribution in [0.1, 0.15) is 22.3 Å². The molecule has 2 amide bonds. The summed E-state index contributed by atoms with van der Waals surface area (Å²) in [6.45, 7) is 6.22. The topological polar surface area (TPSA) is 72.0 Å². The molecule has 176 valence electrons. The number of hydrogen-bond donors (Lipinski definition) is 2. The zero-order valence-electron chi connectivity index (χ0n) is 18.9. The van der Waals surface area contributed by atoms with Crippen molar-refractivity contribution in [1.82, 2.24) is 5.43 Å². The normalized spacial score (nSPS) is 10.7. The lowest BCUT2D eigenvalue weighted by atomic mass is 10.1. The first-order valence-electron chi connectivity index (χ1n) is 10.4. The summed E-state index contributed by atoms with van der Waals surface area (Å²) in [5.41, 5.74) is 6.92. The van der Waals surface area contributed by atoms with E-state index in [2.05, 4.69) is 60.9 Å². The molecule has 0 saturated heterocycles. The van der Waals surface area contributed by atoms with Crippen molar-refractivity contribution in [3.05, 3.63) is 97.5 Å². The highest BCUT2D eigenvalue weighted by atomic mass is 127. The molecule has 0 radical (unpaired) electrons. The van der Waals surface area contributed by atoms with E-state index in [9.17, 15) is 4.79 Å². The van der Waals surface area contributed by atoms with Crippen LogP contribution in [0.5, 0.6) is 11.5 Å². The fraction of sp³-hybridized carbons (Fsp3) is 0.154. The van der Waals surface area contributed by atoms with Crippen LogP contribution in [0.2, 0.25) is 0 Å². The number of ether oxygens (including phenoxy) is 2. The monoisotopic (exact) mass is 633 g/mol. The number of methoxy groups -OCH3 is 1. The molecule has 0 aliphatic carbocycles. The van der Waals surface area contributed by atoms with Crippen molar-refractivity contribution in [3.63, 3.8) is 0 Å². The standard InChI is InChI=1S/C26H25BrIN3O3/c1-4-5-20-13-19(15-29-31-26(32)30-22-10-11-23(27)17(2)12-22)14-24(33-3)25(20)34-16-18-6-8-21(28)9-7-18/h4,6-15H,1,5,16H2,2-3H3,(H2,30,31,32)/b29-15+. The molecule has 0 unspecified atom stereocenters. The number of nitrogens with zero attached hydrogens (tertiary/aromatic N) is 1. The van der Waals surface area contributed by atoms with Gasteiger partial charge in [0.2, 0.25) is 0 Å². The minimum Gasteiger partial charge on any atom is -0.493 e. The van der Waals surface area contributed by atoms with Gasteiger partial charge in [-0.25, -0.2) is 10.2 Å². The summed E-state index contributed by atoms with van der Waals surface area (Å²) < 4.78 is 13.8. The fourth-order valence-electron chi connectivity index (χ4n) is 3.16. The van der Waals surface area contributed by atoms with Gasteiger partial charge in [-0.05, 0) is 95.1 Å². The van der Waals surface area contributed by atoms with Crippen LogP contribution in [0.25, 0.3) is 0 Å². The highest BCUT2D eigenvalue weighted by Crippen LogP contribution is 2.34. The van der Waals surface area contributed by atoms with Crippen LogP contribution >= 0.6 is 38.5 Å². The highest BCUT2D eigenvalue weighted by molar-refractivity contribution is 14.1. The number of allylic oxidation sites excluding steroid dienone is 1. The SMILES string of the molecule is C=CCc1cc(/C=N/NC(=O)Nc2ccc(Br)c(C)c2)cc(OC)c1OCc1ccc(I)cc1. The molecule has 0 atom stereocenters. The Kier molecular flexibility index (Phi) is 9.52. The lowest BCUT2D eigenvalue weighted by Gasteiger charge is -2.16. The minimum absolute atomic E-state index is 0.419. The van der Waals surface area contributed by atoms with E-state index in [1.54, 1.807) is 19.4 Å². The molecular formula is C26H25BrIN3O3. The van der Waals surface area contributed by atoms with Crippen molar-refractivity contribution in [3.8, 4) is 11.5 Å². The van der Waals surface area contributed by atoms with Gasteiger partial charge in [0.15, 0.2) is 11.5 Å². The van der Waals surface area contributed by atoms with Crippen molar-refractivity contribution in [2.45, 2.75) is 20.0 Å². The first kappa shape index (κ1) is 25.8. The molecule has 0 spiro atoms. The van der Waals surface area contributed by atoms with Gasteiger partial charge in [0.25, 0.3) is 0 Å². The van der Waals surface area contributed by atoms with Gasteiger partial charge in [-0.15, -0.1) is 6.58 Å². The smallest absolute Gasteiger partial charge is 0.339 e. The number of rotatable bonds is 9. The van der Waals surface area contributed by atoms with Crippen molar-refractivity contribution >= 4 is 56.5 Å². The molecule has 2 N–H and O–H groups in total. The molecule has 0 aromatic heterocycles. The Balaban J connectivity index is 1.70. The number of aryl methyl sites for hydroxylation is 1. The molecule has 0 bridgehead atoms. The van der Waals surface area contributed by atoms with E-state index in [-0.39, 0.29) is 0 Å². The first-order chi connectivity index (χ1) is 16.4. The molecular weight excluding hydrogens is 609 g/mol. The Labute approximate surface area is 221 Å². The van der Waals surface area contributed by atoms with E-state index >= 15 is 0 Å². The summed E-state index contributed by atoms with van der Waals surface area (Å²) in [6.07, 6.45) is 3.96. The highest BCUT2D eigenvalue weighted by Gasteiger charge is 2.13. The third kappa shape index (κ3) is 7.33. The second-order valence-electron chi connectivity index (χ2n) is 7.41. The zero-order chi connectivity index (χ0) is 24.5. The number of anilines is 1. The van der Waals surface area contributed by atoms with Crippen molar-refractivity contribution in [2.75, 3.05) is 12.4 Å². The van der Waals surface area contributed by atoms with Crippen LogP contribution in [0, 0.1) is 10.5 Å². The number of urea groups is 1. The average molecular weight is 634 g/mol. The Morgan fingerprint density at radius 1 is 1.18 bits per heavy atom. The lowest BCUT2D eigenvalue weighted by molar-refractivity contribution is 0.252. The number of benzene rings is 3. The van der Waals surface area contributed by atoms with Gasteiger partial charge >= 0.3 is 6.03 Å². The molecule has 0 fully saturated rings. The van der Waals surface area contributed by atoms with Crippen LogP contribution in [0.15, 0.2) is 76.8 Å². The van der Waals surface area contributed by atoms with Crippen molar-refractivity contribution in [1.29, 1.82) is 0 Å². The van der Waals surface area contributed by atoms with E-state index in [1.807, 2.05) is 61.5 Å². The maximum atomic E-state index is 12.2. The molecule has 6 nitrogen and oxygen atoms in total. The van der Waals surface area contributed by atoms with E-state index in [0.717, 1.165) is 26.7 Å². The number of hydrogen-bond acceptors (Lipinski definition) is 4. The number of amides is 2. The Morgan fingerprint density at radius 3 is 2.62 bits per heavy atom. The molecule has 0 heterocycles. The Morgan fingerprint density at radius 2 is 1.94 bits per heavy atom. The minimum atomic E-state index is -0.436. The summed E-state index contributed by atoms with van der Waals surface area (Å²) in [7, 11) is 1.59. The first-order valence-corrected chi connectivity index (χ1v) is 12.3. The summed E-state index contributed by atoms with van der Waals surface area (Å²) in [5, 5.41) is 6.82. The second-order valence-corrected chi connectivity index (χ2v) is 9.51. The summed E-state index contributed by atoms with van der Waals surface area (Å²) >= 11 is 5.72. The number of nitrogens with one attached hydrogen (secondary N) is 2. The number of carbonyl (C=O) groups is 1. The second kappa shape index (κ2) is 12.6. The molecule has 0 aliphatic heterocycles. The fourth-order valence-corrected chi connectivity index (χ4v) is 3.77. The van der Waals surface area contributed by atoms with E-state index in [1.165, 1.54) is 3.57 Å². The number of halogens is 2. The summed E-state index contributed by atoms with van der Waals surface area (Å²) in [5.74, 6) is 1.25. The summed E-state index contributed by atoms with van der Waals surface area (Å²) in [6, 6.07) is 17.0. The molecule has 8 heteroatoms. The van der Waals surface area contributed by atoms with Gasteiger partial charge in [0, 0.05) is 19.3 Å².